The van der Waals surface area contributed by atoms with E-state index in [0.717, 1.165) is 19.1 Å². The van der Waals surface area contributed by atoms with Crippen LogP contribution >= 0.6 is 0 Å². The molecule has 1 rings (SSSR count). The van der Waals surface area contributed by atoms with Crippen LogP contribution in [0.5, 0.6) is 0 Å². The molecule has 116 valence electrons. The number of hydrogen-bond donors (Lipinski definition) is 1. The number of aliphatic carboxylic acids is 1. The van der Waals surface area contributed by atoms with Gasteiger partial charge in [0.2, 0.25) is 15.9 Å². The fourth-order valence-corrected chi connectivity index (χ4v) is 3.53. The van der Waals surface area contributed by atoms with Gasteiger partial charge in [0, 0.05) is 19.6 Å². The van der Waals surface area contributed by atoms with Crippen molar-refractivity contribution in [3.8, 4) is 0 Å². The zero-order valence-corrected chi connectivity index (χ0v) is 12.7. The number of carboxylic acids is 1. The first-order valence-corrected chi connectivity index (χ1v) is 8.59. The molecule has 1 aliphatic heterocycles. The number of carboxylic acid groups (broad SMARTS) is 1. The normalized spacial score (nSPS) is 20.6. The molecule has 0 spiro atoms. The fraction of sp³-hybridized carbons (Fsp3) is 0.833. The molecule has 0 bridgehead atoms. The number of sulfonamides is 1. The number of amides is 1. The van der Waals surface area contributed by atoms with Crippen LogP contribution in [0.2, 0.25) is 0 Å². The van der Waals surface area contributed by atoms with Crippen LogP contribution in [-0.4, -0.2) is 66.5 Å². The average Bonchev–Trinajstić information content (AvgIpc) is 2.38. The molecule has 8 heteroatoms. The van der Waals surface area contributed by atoms with Gasteiger partial charge in [0.15, 0.2) is 0 Å². The Bertz CT molecular complexity index is 462. The summed E-state index contributed by atoms with van der Waals surface area (Å²) in [6, 6.07) is -0.688. The second-order valence-corrected chi connectivity index (χ2v) is 6.88. The Morgan fingerprint density at radius 1 is 1.35 bits per heavy atom. The van der Waals surface area contributed by atoms with Gasteiger partial charge >= 0.3 is 5.97 Å². The quantitative estimate of drug-likeness (QED) is 0.752. The highest BCUT2D eigenvalue weighted by Crippen LogP contribution is 2.21. The number of rotatable bonds is 6. The summed E-state index contributed by atoms with van der Waals surface area (Å²) in [5, 5.41) is 8.69. The average molecular weight is 306 g/mol. The van der Waals surface area contributed by atoms with E-state index in [0.29, 0.717) is 19.5 Å². The Balaban J connectivity index is 2.82. The lowest BCUT2D eigenvalue weighted by Gasteiger charge is -2.35. The van der Waals surface area contributed by atoms with E-state index in [1.54, 1.807) is 6.92 Å². The first-order valence-electron chi connectivity index (χ1n) is 6.74. The van der Waals surface area contributed by atoms with Crippen LogP contribution in [0, 0.1) is 0 Å². The Hall–Kier alpha value is -1.15. The Morgan fingerprint density at radius 3 is 2.50 bits per heavy atom. The molecule has 0 aromatic heterocycles. The lowest BCUT2D eigenvalue weighted by atomic mass is 10.0. The molecule has 20 heavy (non-hydrogen) atoms. The third kappa shape index (κ3) is 4.45. The summed E-state index contributed by atoms with van der Waals surface area (Å²) in [5.41, 5.74) is 0. The molecule has 0 radical (unpaired) electrons. The standard InChI is InChI=1S/C12H22N2O5S/c1-3-13(9-7-11(15)16)12(17)10-6-4-5-8-14(10)20(2,18)19/h10H,3-9H2,1-2H3,(H,15,16). The van der Waals surface area contributed by atoms with Gasteiger partial charge in [-0.1, -0.05) is 6.42 Å². The van der Waals surface area contributed by atoms with Crippen LogP contribution in [0.25, 0.3) is 0 Å². The predicted octanol–water partition coefficient (Wildman–Crippen LogP) is 0.124. The zero-order valence-electron chi connectivity index (χ0n) is 11.9. The van der Waals surface area contributed by atoms with Crippen LogP contribution in [0.15, 0.2) is 0 Å². The van der Waals surface area contributed by atoms with Crippen LogP contribution in [0.4, 0.5) is 0 Å². The van der Waals surface area contributed by atoms with Crippen molar-refractivity contribution in [2.45, 2.75) is 38.6 Å². The highest BCUT2D eigenvalue weighted by atomic mass is 32.2. The van der Waals surface area contributed by atoms with E-state index in [1.165, 1.54) is 9.21 Å². The monoisotopic (exact) mass is 306 g/mol. The van der Waals surface area contributed by atoms with Crippen molar-refractivity contribution in [1.82, 2.24) is 9.21 Å². The van der Waals surface area contributed by atoms with E-state index in [-0.39, 0.29) is 18.9 Å². The van der Waals surface area contributed by atoms with Crippen LogP contribution in [-0.2, 0) is 19.6 Å². The number of hydrogen-bond acceptors (Lipinski definition) is 4. The number of piperidine rings is 1. The van der Waals surface area contributed by atoms with Gasteiger partial charge < -0.3 is 10.0 Å². The molecule has 0 aromatic carbocycles. The lowest BCUT2D eigenvalue weighted by Crippen LogP contribution is -2.53. The molecule has 1 fully saturated rings. The van der Waals surface area contributed by atoms with E-state index in [2.05, 4.69) is 0 Å². The molecule has 1 unspecified atom stereocenters. The summed E-state index contributed by atoms with van der Waals surface area (Å²) < 4.78 is 24.7. The van der Waals surface area contributed by atoms with Gasteiger partial charge in [-0.3, -0.25) is 9.59 Å². The highest BCUT2D eigenvalue weighted by Gasteiger charge is 2.36. The fourth-order valence-electron chi connectivity index (χ4n) is 2.41. The van der Waals surface area contributed by atoms with Gasteiger partial charge in [-0.15, -0.1) is 0 Å². The van der Waals surface area contributed by atoms with Crippen LogP contribution < -0.4 is 0 Å². The molecule has 0 saturated carbocycles. The minimum Gasteiger partial charge on any atom is -0.481 e. The summed E-state index contributed by atoms with van der Waals surface area (Å²) in [4.78, 5) is 24.4. The summed E-state index contributed by atoms with van der Waals surface area (Å²) >= 11 is 0. The van der Waals surface area contributed by atoms with Gasteiger partial charge in [-0.25, -0.2) is 8.42 Å². The summed E-state index contributed by atoms with van der Waals surface area (Å²) in [7, 11) is -3.42. The predicted molar refractivity (Wildman–Crippen MR) is 73.7 cm³/mol. The Labute approximate surface area is 119 Å². The third-order valence-electron chi connectivity index (χ3n) is 3.45. The lowest BCUT2D eigenvalue weighted by molar-refractivity contribution is -0.140. The molecule has 1 amide bonds. The number of carbonyl (C=O) groups is 2. The van der Waals surface area contributed by atoms with Gasteiger partial charge in [0.25, 0.3) is 0 Å². The van der Waals surface area contributed by atoms with Gasteiger partial charge in [-0.05, 0) is 19.8 Å². The maximum Gasteiger partial charge on any atom is 0.305 e. The van der Waals surface area contributed by atoms with Crippen molar-refractivity contribution in [2.24, 2.45) is 0 Å². The zero-order chi connectivity index (χ0) is 15.3. The Morgan fingerprint density at radius 2 is 2.00 bits per heavy atom. The second-order valence-electron chi connectivity index (χ2n) is 4.95. The van der Waals surface area contributed by atoms with Gasteiger partial charge in [-0.2, -0.15) is 4.31 Å². The maximum absolute atomic E-state index is 12.4. The third-order valence-corrected chi connectivity index (χ3v) is 4.74. The molecule has 1 aliphatic rings. The van der Waals surface area contributed by atoms with E-state index in [1.807, 2.05) is 0 Å². The molecule has 7 nitrogen and oxygen atoms in total. The van der Waals surface area contributed by atoms with E-state index in [4.69, 9.17) is 5.11 Å². The van der Waals surface area contributed by atoms with E-state index >= 15 is 0 Å². The van der Waals surface area contributed by atoms with Crippen molar-refractivity contribution in [2.75, 3.05) is 25.9 Å². The van der Waals surface area contributed by atoms with Crippen LogP contribution in [0.1, 0.15) is 32.6 Å². The summed E-state index contributed by atoms with van der Waals surface area (Å²) in [6.45, 7) is 2.60. The molecule has 1 saturated heterocycles. The number of carbonyl (C=O) groups excluding carboxylic acids is 1. The molecule has 1 atom stereocenters. The first-order chi connectivity index (χ1) is 9.27. The highest BCUT2D eigenvalue weighted by molar-refractivity contribution is 7.88. The molecule has 1 heterocycles. The molecule has 1 N–H and O–H groups in total. The van der Waals surface area contributed by atoms with Crippen molar-refractivity contribution >= 4 is 21.9 Å². The minimum absolute atomic E-state index is 0.110. The van der Waals surface area contributed by atoms with Gasteiger partial charge in [0.1, 0.15) is 6.04 Å². The molecular formula is C12H22N2O5S. The summed E-state index contributed by atoms with van der Waals surface area (Å²) in [5.74, 6) is -1.27. The number of nitrogens with zero attached hydrogens (tertiary/aromatic N) is 2. The van der Waals surface area contributed by atoms with Crippen molar-refractivity contribution in [1.29, 1.82) is 0 Å². The molecular weight excluding hydrogens is 284 g/mol. The minimum atomic E-state index is -3.42. The maximum atomic E-state index is 12.4. The topological polar surface area (TPSA) is 95.0 Å². The summed E-state index contributed by atoms with van der Waals surface area (Å²) in [6.07, 6.45) is 3.02. The van der Waals surface area contributed by atoms with Crippen LogP contribution in [0.3, 0.4) is 0 Å². The SMILES string of the molecule is CCN(CCC(=O)O)C(=O)C1CCCCN1S(C)(=O)=O. The van der Waals surface area contributed by atoms with E-state index < -0.39 is 22.0 Å². The molecule has 0 aliphatic carbocycles. The smallest absolute Gasteiger partial charge is 0.305 e. The largest absolute Gasteiger partial charge is 0.481 e. The van der Waals surface area contributed by atoms with Crippen molar-refractivity contribution in [3.05, 3.63) is 0 Å². The second kappa shape index (κ2) is 7.03. The first kappa shape index (κ1) is 16.9. The van der Waals surface area contributed by atoms with E-state index in [9.17, 15) is 18.0 Å². The Kier molecular flexibility index (Phi) is 5.94. The molecule has 0 aromatic rings. The van der Waals surface area contributed by atoms with Gasteiger partial charge in [0.05, 0.1) is 12.7 Å². The van der Waals surface area contributed by atoms with Crippen molar-refractivity contribution < 1.29 is 23.1 Å². The van der Waals surface area contributed by atoms with Crippen molar-refractivity contribution in [3.63, 3.8) is 0 Å². The number of likely N-dealkylation sites (N-methyl/N-ethyl adjacent to an activating group) is 1.